The van der Waals surface area contributed by atoms with E-state index >= 15 is 0 Å². The number of nitrogens with one attached hydrogen (secondary N) is 1. The molecule has 0 spiro atoms. The number of carbonyl (C=O) groups excluding carboxylic acids is 1. The Labute approximate surface area is 105 Å². The third-order valence-electron chi connectivity index (χ3n) is 3.32. The highest BCUT2D eigenvalue weighted by atomic mass is 16.3. The number of amides is 1. The third kappa shape index (κ3) is 2.70. The first-order chi connectivity index (χ1) is 8.58. The SMILES string of the molecule is NC(=O)c1cc(N)cnc1NCC1CCCC1O. The Bertz CT molecular complexity index is 450. The number of pyridine rings is 1. The number of rotatable bonds is 4. The molecular weight excluding hydrogens is 232 g/mol. The number of anilines is 2. The van der Waals surface area contributed by atoms with E-state index in [1.807, 2.05) is 0 Å². The van der Waals surface area contributed by atoms with Crippen LogP contribution in [0.15, 0.2) is 12.3 Å². The average molecular weight is 250 g/mol. The monoisotopic (exact) mass is 250 g/mol. The molecule has 1 aromatic rings. The fraction of sp³-hybridized carbons (Fsp3) is 0.500. The van der Waals surface area contributed by atoms with Gasteiger partial charge in [0.25, 0.3) is 5.91 Å². The van der Waals surface area contributed by atoms with Crippen LogP contribution in [-0.4, -0.2) is 28.6 Å². The van der Waals surface area contributed by atoms with Crippen molar-refractivity contribution in [1.82, 2.24) is 4.98 Å². The van der Waals surface area contributed by atoms with Crippen LogP contribution in [0, 0.1) is 5.92 Å². The molecule has 1 amide bonds. The number of aromatic nitrogens is 1. The zero-order valence-corrected chi connectivity index (χ0v) is 10.1. The van der Waals surface area contributed by atoms with Gasteiger partial charge in [0, 0.05) is 12.5 Å². The van der Waals surface area contributed by atoms with Gasteiger partial charge in [-0.2, -0.15) is 0 Å². The number of hydrogen-bond donors (Lipinski definition) is 4. The maximum Gasteiger partial charge on any atom is 0.252 e. The Morgan fingerprint density at radius 2 is 2.33 bits per heavy atom. The highest BCUT2D eigenvalue weighted by Crippen LogP contribution is 2.26. The van der Waals surface area contributed by atoms with Gasteiger partial charge in [-0.15, -0.1) is 0 Å². The lowest BCUT2D eigenvalue weighted by molar-refractivity contribution is 0.100. The molecule has 1 aliphatic carbocycles. The lowest BCUT2D eigenvalue weighted by atomic mass is 10.1. The van der Waals surface area contributed by atoms with Crippen LogP contribution in [0.5, 0.6) is 0 Å². The minimum absolute atomic E-state index is 0.199. The van der Waals surface area contributed by atoms with Crippen molar-refractivity contribution in [2.45, 2.75) is 25.4 Å². The van der Waals surface area contributed by atoms with Gasteiger partial charge in [0.15, 0.2) is 0 Å². The van der Waals surface area contributed by atoms with E-state index in [9.17, 15) is 9.90 Å². The van der Waals surface area contributed by atoms with E-state index in [0.717, 1.165) is 19.3 Å². The summed E-state index contributed by atoms with van der Waals surface area (Å²) in [6.07, 6.45) is 4.05. The van der Waals surface area contributed by atoms with Crippen molar-refractivity contribution in [3.05, 3.63) is 17.8 Å². The highest BCUT2D eigenvalue weighted by Gasteiger charge is 2.25. The van der Waals surface area contributed by atoms with Gasteiger partial charge in [-0.05, 0) is 18.9 Å². The summed E-state index contributed by atoms with van der Waals surface area (Å²) in [4.78, 5) is 15.3. The molecule has 2 atom stereocenters. The first-order valence-corrected chi connectivity index (χ1v) is 6.05. The number of aliphatic hydroxyl groups is 1. The van der Waals surface area contributed by atoms with Crippen LogP contribution in [0.1, 0.15) is 29.6 Å². The lowest BCUT2D eigenvalue weighted by Crippen LogP contribution is -2.24. The van der Waals surface area contributed by atoms with Crippen LogP contribution < -0.4 is 16.8 Å². The number of nitrogens with two attached hydrogens (primary N) is 2. The molecule has 18 heavy (non-hydrogen) atoms. The molecule has 6 nitrogen and oxygen atoms in total. The highest BCUT2D eigenvalue weighted by molar-refractivity contribution is 5.98. The van der Waals surface area contributed by atoms with Crippen molar-refractivity contribution in [1.29, 1.82) is 0 Å². The molecule has 0 saturated heterocycles. The maximum absolute atomic E-state index is 11.3. The Hall–Kier alpha value is -1.82. The molecule has 1 fully saturated rings. The Balaban J connectivity index is 2.06. The second-order valence-electron chi connectivity index (χ2n) is 4.67. The number of nitrogens with zero attached hydrogens (tertiary/aromatic N) is 1. The largest absolute Gasteiger partial charge is 0.397 e. The molecule has 98 valence electrons. The fourth-order valence-electron chi connectivity index (χ4n) is 2.29. The molecule has 1 saturated carbocycles. The van der Waals surface area contributed by atoms with Crippen molar-refractivity contribution >= 4 is 17.4 Å². The molecule has 0 aliphatic heterocycles. The average Bonchev–Trinajstić information content (AvgIpc) is 2.73. The van der Waals surface area contributed by atoms with Gasteiger partial charge in [-0.3, -0.25) is 4.79 Å². The number of aliphatic hydroxyl groups excluding tert-OH is 1. The van der Waals surface area contributed by atoms with Gasteiger partial charge < -0.3 is 21.9 Å². The second-order valence-corrected chi connectivity index (χ2v) is 4.67. The third-order valence-corrected chi connectivity index (χ3v) is 3.32. The van der Waals surface area contributed by atoms with Crippen molar-refractivity contribution in [3.8, 4) is 0 Å². The molecular formula is C12H18N4O2. The quantitative estimate of drug-likeness (QED) is 0.615. The van der Waals surface area contributed by atoms with E-state index in [0.29, 0.717) is 18.1 Å². The minimum Gasteiger partial charge on any atom is -0.397 e. The van der Waals surface area contributed by atoms with Gasteiger partial charge >= 0.3 is 0 Å². The van der Waals surface area contributed by atoms with Crippen molar-refractivity contribution in [2.24, 2.45) is 11.7 Å². The molecule has 2 rings (SSSR count). The first-order valence-electron chi connectivity index (χ1n) is 6.05. The second kappa shape index (κ2) is 5.22. The summed E-state index contributed by atoms with van der Waals surface area (Å²) < 4.78 is 0. The topological polar surface area (TPSA) is 114 Å². The standard InChI is InChI=1S/C12H18N4O2/c13-8-4-9(11(14)18)12(16-6-8)15-5-7-2-1-3-10(7)17/h4,6-7,10,17H,1-3,5,13H2,(H2,14,18)(H,15,16). The van der Waals surface area contributed by atoms with Gasteiger partial charge in [0.2, 0.25) is 0 Å². The van der Waals surface area contributed by atoms with E-state index in [2.05, 4.69) is 10.3 Å². The van der Waals surface area contributed by atoms with Gasteiger partial charge in [-0.25, -0.2) is 4.98 Å². The smallest absolute Gasteiger partial charge is 0.252 e. The molecule has 0 aromatic carbocycles. The van der Waals surface area contributed by atoms with Gasteiger partial charge in [0.1, 0.15) is 5.82 Å². The summed E-state index contributed by atoms with van der Waals surface area (Å²) >= 11 is 0. The summed E-state index contributed by atoms with van der Waals surface area (Å²) in [6, 6.07) is 1.50. The van der Waals surface area contributed by atoms with E-state index < -0.39 is 5.91 Å². The Morgan fingerprint density at radius 1 is 1.56 bits per heavy atom. The summed E-state index contributed by atoms with van der Waals surface area (Å²) in [7, 11) is 0. The van der Waals surface area contributed by atoms with Crippen LogP contribution in [0.3, 0.4) is 0 Å². The summed E-state index contributed by atoms with van der Waals surface area (Å²) in [6.45, 7) is 0.582. The number of hydrogen-bond acceptors (Lipinski definition) is 5. The fourth-order valence-corrected chi connectivity index (χ4v) is 2.29. The van der Waals surface area contributed by atoms with Crippen molar-refractivity contribution in [2.75, 3.05) is 17.6 Å². The van der Waals surface area contributed by atoms with Gasteiger partial charge in [-0.1, -0.05) is 6.42 Å². The predicted molar refractivity (Wildman–Crippen MR) is 69.0 cm³/mol. The summed E-state index contributed by atoms with van der Waals surface area (Å²) in [5.74, 6) is 0.0603. The van der Waals surface area contributed by atoms with Crippen LogP contribution in [0.25, 0.3) is 0 Å². The molecule has 1 aliphatic rings. The maximum atomic E-state index is 11.3. The predicted octanol–water partition coefficient (Wildman–Crippen LogP) is 0.336. The van der Waals surface area contributed by atoms with E-state index in [1.165, 1.54) is 12.3 Å². The summed E-state index contributed by atoms with van der Waals surface area (Å²) in [5, 5.41) is 12.8. The Kier molecular flexibility index (Phi) is 3.66. The first kappa shape index (κ1) is 12.6. The zero-order chi connectivity index (χ0) is 13.1. The molecule has 2 unspecified atom stereocenters. The minimum atomic E-state index is -0.565. The van der Waals surface area contributed by atoms with Crippen LogP contribution in [0.2, 0.25) is 0 Å². The molecule has 0 bridgehead atoms. The number of carbonyl (C=O) groups is 1. The van der Waals surface area contributed by atoms with E-state index in [-0.39, 0.29) is 17.6 Å². The molecule has 6 heteroatoms. The summed E-state index contributed by atoms with van der Waals surface area (Å²) in [5.41, 5.74) is 11.5. The lowest BCUT2D eigenvalue weighted by Gasteiger charge is -2.16. The normalized spacial score (nSPS) is 22.9. The van der Waals surface area contributed by atoms with E-state index in [1.54, 1.807) is 0 Å². The Morgan fingerprint density at radius 3 is 2.94 bits per heavy atom. The van der Waals surface area contributed by atoms with Crippen molar-refractivity contribution in [3.63, 3.8) is 0 Å². The van der Waals surface area contributed by atoms with Gasteiger partial charge in [0.05, 0.1) is 23.6 Å². The zero-order valence-electron chi connectivity index (χ0n) is 10.1. The molecule has 6 N–H and O–H groups in total. The van der Waals surface area contributed by atoms with E-state index in [4.69, 9.17) is 11.5 Å². The van der Waals surface area contributed by atoms with Crippen LogP contribution in [-0.2, 0) is 0 Å². The molecule has 1 aromatic heterocycles. The number of nitrogen functional groups attached to an aromatic ring is 1. The van der Waals surface area contributed by atoms with Crippen molar-refractivity contribution < 1.29 is 9.90 Å². The molecule has 0 radical (unpaired) electrons. The number of primary amides is 1. The van der Waals surface area contributed by atoms with Crippen LogP contribution >= 0.6 is 0 Å². The van der Waals surface area contributed by atoms with Crippen LogP contribution in [0.4, 0.5) is 11.5 Å². The molecule has 1 heterocycles.